The molecule has 0 radical (unpaired) electrons. The highest BCUT2D eigenvalue weighted by Crippen LogP contribution is 2.59. The highest BCUT2D eigenvalue weighted by Gasteiger charge is 2.50. The van der Waals surface area contributed by atoms with Crippen molar-refractivity contribution in [1.29, 1.82) is 0 Å². The van der Waals surface area contributed by atoms with Crippen molar-refractivity contribution >= 4 is 6.29 Å². The number of benzene rings is 1. The van der Waals surface area contributed by atoms with Crippen molar-refractivity contribution in [2.45, 2.75) is 70.8 Å². The van der Waals surface area contributed by atoms with E-state index in [1.54, 1.807) is 0 Å². The van der Waals surface area contributed by atoms with Crippen molar-refractivity contribution in [3.63, 3.8) is 0 Å². The van der Waals surface area contributed by atoms with E-state index in [4.69, 9.17) is 0 Å². The van der Waals surface area contributed by atoms with Crippen LogP contribution >= 0.6 is 0 Å². The topological polar surface area (TPSA) is 37.3 Å². The largest absolute Gasteiger partial charge is 0.393 e. The van der Waals surface area contributed by atoms with Crippen molar-refractivity contribution in [2.75, 3.05) is 0 Å². The number of allylic oxidation sites excluding steroid dienone is 1. The summed E-state index contributed by atoms with van der Waals surface area (Å²) in [5.41, 5.74) is 7.28. The number of carbonyl (C=O) groups excluding carboxylic acids is 1. The first-order valence-corrected chi connectivity index (χ1v) is 9.41. The molecule has 4 rings (SSSR count). The van der Waals surface area contributed by atoms with Gasteiger partial charge in [-0.3, -0.25) is 0 Å². The van der Waals surface area contributed by atoms with Gasteiger partial charge in [-0.05, 0) is 78.5 Å². The van der Waals surface area contributed by atoms with Crippen LogP contribution in [0.5, 0.6) is 0 Å². The van der Waals surface area contributed by atoms with Crippen LogP contribution in [-0.4, -0.2) is 17.5 Å². The van der Waals surface area contributed by atoms with E-state index < -0.39 is 0 Å². The predicted octanol–water partition coefficient (Wildman–Crippen LogP) is 4.43. The zero-order valence-corrected chi connectivity index (χ0v) is 15.0. The summed E-state index contributed by atoms with van der Waals surface area (Å²) in [6, 6.07) is 4.48. The van der Waals surface area contributed by atoms with E-state index >= 15 is 0 Å². The molecular weight excluding hydrogens is 296 g/mol. The van der Waals surface area contributed by atoms with Gasteiger partial charge in [0.05, 0.1) is 6.10 Å². The lowest BCUT2D eigenvalue weighted by atomic mass is 9.57. The predicted molar refractivity (Wildman–Crippen MR) is 96.3 cm³/mol. The molecular formula is C22H28O2. The number of rotatable bonds is 2. The molecule has 3 aliphatic rings. The quantitative estimate of drug-likeness (QED) is 0.645. The second kappa shape index (κ2) is 5.56. The van der Waals surface area contributed by atoms with Gasteiger partial charge in [0, 0.05) is 5.92 Å². The maximum atomic E-state index is 11.2. The molecule has 0 bridgehead atoms. The molecule has 0 aliphatic heterocycles. The summed E-state index contributed by atoms with van der Waals surface area (Å²) >= 11 is 0. The maximum absolute atomic E-state index is 11.2. The zero-order chi connectivity index (χ0) is 17.1. The van der Waals surface area contributed by atoms with E-state index in [9.17, 15) is 9.90 Å². The molecule has 5 atom stereocenters. The fourth-order valence-corrected chi connectivity index (χ4v) is 5.75. The molecule has 1 aromatic carbocycles. The third kappa shape index (κ3) is 2.15. The molecule has 2 nitrogen and oxygen atoms in total. The van der Waals surface area contributed by atoms with Crippen LogP contribution in [0.15, 0.2) is 23.8 Å². The standard InChI is InChI=1S/C22H28O2/c1-13(12-23)17-6-7-18-19-5-4-15-10-16(24)8-9-22(15,3)21(19)11-20(18)14(17)2/h4,6-7,12-13,16,19,21,24H,5,8-11H2,1-3H3/t13-,16+,19+,21+,22+/m1/s1. The van der Waals surface area contributed by atoms with Crippen LogP contribution in [-0.2, 0) is 11.2 Å². The molecule has 0 aromatic heterocycles. The van der Waals surface area contributed by atoms with E-state index in [1.165, 1.54) is 27.8 Å². The first-order chi connectivity index (χ1) is 11.5. The summed E-state index contributed by atoms with van der Waals surface area (Å²) in [6.45, 7) is 6.62. The fourth-order valence-electron chi connectivity index (χ4n) is 5.75. The monoisotopic (exact) mass is 324 g/mol. The summed E-state index contributed by atoms with van der Waals surface area (Å²) in [5.74, 6) is 1.25. The van der Waals surface area contributed by atoms with Gasteiger partial charge in [-0.2, -0.15) is 0 Å². The van der Waals surface area contributed by atoms with Gasteiger partial charge in [0.15, 0.2) is 0 Å². The number of hydrogen-bond donors (Lipinski definition) is 1. The van der Waals surface area contributed by atoms with Gasteiger partial charge in [-0.1, -0.05) is 37.6 Å². The minimum Gasteiger partial charge on any atom is -0.393 e. The van der Waals surface area contributed by atoms with Crippen molar-refractivity contribution in [3.05, 3.63) is 46.0 Å². The lowest BCUT2D eigenvalue weighted by Crippen LogP contribution is -2.40. The van der Waals surface area contributed by atoms with E-state index in [0.717, 1.165) is 38.4 Å². The van der Waals surface area contributed by atoms with Crippen LogP contribution in [0.25, 0.3) is 0 Å². The molecule has 2 heteroatoms. The Hall–Kier alpha value is -1.41. The number of aldehydes is 1. The highest BCUT2D eigenvalue weighted by molar-refractivity contribution is 5.64. The third-order valence-corrected chi connectivity index (χ3v) is 7.30. The van der Waals surface area contributed by atoms with E-state index in [0.29, 0.717) is 11.8 Å². The second-order valence-corrected chi connectivity index (χ2v) is 8.47. The van der Waals surface area contributed by atoms with Gasteiger partial charge in [0.2, 0.25) is 0 Å². The number of aliphatic hydroxyl groups is 1. The smallest absolute Gasteiger partial charge is 0.127 e. The Morgan fingerprint density at radius 3 is 2.88 bits per heavy atom. The Morgan fingerprint density at radius 1 is 1.33 bits per heavy atom. The minimum absolute atomic E-state index is 0.0213. The molecule has 1 N–H and O–H groups in total. The molecule has 3 aliphatic carbocycles. The first kappa shape index (κ1) is 16.1. The highest BCUT2D eigenvalue weighted by atomic mass is 16.3. The van der Waals surface area contributed by atoms with Gasteiger partial charge >= 0.3 is 0 Å². The van der Waals surface area contributed by atoms with Crippen molar-refractivity contribution < 1.29 is 9.90 Å². The summed E-state index contributed by atoms with van der Waals surface area (Å²) in [4.78, 5) is 11.2. The lowest BCUT2D eigenvalue weighted by Gasteiger charge is -2.48. The first-order valence-electron chi connectivity index (χ1n) is 9.41. The van der Waals surface area contributed by atoms with Crippen LogP contribution in [0.2, 0.25) is 0 Å². The van der Waals surface area contributed by atoms with Crippen LogP contribution in [0.1, 0.15) is 73.6 Å². The Kier molecular flexibility index (Phi) is 3.72. The molecule has 0 spiro atoms. The van der Waals surface area contributed by atoms with Gasteiger partial charge in [0.25, 0.3) is 0 Å². The molecule has 1 fully saturated rings. The molecule has 0 unspecified atom stereocenters. The molecule has 0 amide bonds. The fraction of sp³-hybridized carbons (Fsp3) is 0.591. The molecule has 24 heavy (non-hydrogen) atoms. The SMILES string of the molecule is Cc1c([C@H](C)C=O)ccc2c1C[C@H]1[C@H]2CC=C2C[C@@H](O)CC[C@@]21C. The molecule has 1 aromatic rings. The van der Waals surface area contributed by atoms with Gasteiger partial charge in [-0.25, -0.2) is 0 Å². The third-order valence-electron chi connectivity index (χ3n) is 7.30. The molecule has 128 valence electrons. The number of fused-ring (bicyclic) bond motifs is 5. The molecule has 0 heterocycles. The van der Waals surface area contributed by atoms with E-state index in [1.807, 2.05) is 6.92 Å². The van der Waals surface area contributed by atoms with Gasteiger partial charge in [-0.15, -0.1) is 0 Å². The average molecular weight is 324 g/mol. The van der Waals surface area contributed by atoms with Crippen molar-refractivity contribution in [2.24, 2.45) is 11.3 Å². The summed E-state index contributed by atoms with van der Waals surface area (Å²) in [6.07, 6.45) is 8.47. The number of hydrogen-bond acceptors (Lipinski definition) is 2. The Labute approximate surface area is 145 Å². The summed E-state index contributed by atoms with van der Waals surface area (Å²) in [5, 5.41) is 10.1. The lowest BCUT2D eigenvalue weighted by molar-refractivity contribution is -0.108. The van der Waals surface area contributed by atoms with Crippen molar-refractivity contribution in [1.82, 2.24) is 0 Å². The van der Waals surface area contributed by atoms with Gasteiger partial charge in [0.1, 0.15) is 6.29 Å². The molecule has 0 saturated heterocycles. The van der Waals surface area contributed by atoms with Crippen LogP contribution < -0.4 is 0 Å². The van der Waals surface area contributed by atoms with Crippen LogP contribution in [0, 0.1) is 18.3 Å². The number of aliphatic hydroxyl groups excluding tert-OH is 1. The summed E-state index contributed by atoms with van der Waals surface area (Å²) in [7, 11) is 0. The van der Waals surface area contributed by atoms with Gasteiger partial charge < -0.3 is 9.90 Å². The Bertz CT molecular complexity index is 717. The van der Waals surface area contributed by atoms with E-state index in [2.05, 4.69) is 32.1 Å². The zero-order valence-electron chi connectivity index (χ0n) is 15.0. The van der Waals surface area contributed by atoms with Crippen LogP contribution in [0.3, 0.4) is 0 Å². The maximum Gasteiger partial charge on any atom is 0.127 e. The number of carbonyl (C=O) groups is 1. The summed E-state index contributed by atoms with van der Waals surface area (Å²) < 4.78 is 0. The van der Waals surface area contributed by atoms with Crippen LogP contribution in [0.4, 0.5) is 0 Å². The average Bonchev–Trinajstić information content (AvgIpc) is 2.96. The Morgan fingerprint density at radius 2 is 2.12 bits per heavy atom. The van der Waals surface area contributed by atoms with E-state index in [-0.39, 0.29) is 17.4 Å². The normalized spacial score (nSPS) is 35.5. The molecule has 1 saturated carbocycles. The minimum atomic E-state index is -0.147. The van der Waals surface area contributed by atoms with Crippen molar-refractivity contribution in [3.8, 4) is 0 Å². The Balaban J connectivity index is 1.74. The second-order valence-electron chi connectivity index (χ2n) is 8.47.